The Balaban J connectivity index is 1.65. The zero-order valence-corrected chi connectivity index (χ0v) is 24.6. The predicted molar refractivity (Wildman–Crippen MR) is 159 cm³/mol. The van der Waals surface area contributed by atoms with Gasteiger partial charge in [0.25, 0.3) is 0 Å². The van der Waals surface area contributed by atoms with Crippen LogP contribution in [0, 0.1) is 0 Å². The molecule has 12 nitrogen and oxygen atoms in total. The van der Waals surface area contributed by atoms with E-state index in [1.165, 1.54) is 0 Å². The summed E-state index contributed by atoms with van der Waals surface area (Å²) in [5.41, 5.74) is 4.27. The van der Waals surface area contributed by atoms with Crippen LogP contribution in [0.4, 0.5) is 5.69 Å². The number of carbonyl (C=O) groups is 5. The molecular weight excluding hydrogens is 556 g/mol. The molecule has 0 aliphatic heterocycles. The third-order valence-electron chi connectivity index (χ3n) is 7.29. The first-order chi connectivity index (χ1) is 20.7. The van der Waals surface area contributed by atoms with Crippen LogP contribution in [0.2, 0.25) is 0 Å². The molecule has 3 rings (SSSR count). The van der Waals surface area contributed by atoms with Crippen LogP contribution >= 0.6 is 0 Å². The average molecular weight is 599 g/mol. The van der Waals surface area contributed by atoms with Gasteiger partial charge in [-0.25, -0.2) is 0 Å². The molecule has 0 saturated heterocycles. The number of nitrogens with one attached hydrogen (secondary N) is 4. The van der Waals surface area contributed by atoms with Crippen molar-refractivity contribution in [3.63, 3.8) is 0 Å². The maximum atomic E-state index is 12.6. The lowest BCUT2D eigenvalue weighted by Gasteiger charge is -2.22. The molecule has 2 atom stereocenters. The van der Waals surface area contributed by atoms with Gasteiger partial charge in [-0.3, -0.25) is 24.0 Å². The fraction of sp³-hybridized carbons (Fsp3) is 0.516. The molecule has 1 aromatic rings. The molecule has 0 radical (unpaired) electrons. The minimum absolute atomic E-state index is 0.0402. The van der Waals surface area contributed by atoms with E-state index in [1.807, 2.05) is 30.4 Å². The summed E-state index contributed by atoms with van der Waals surface area (Å²) in [6, 6.07) is 5.69. The zero-order valence-electron chi connectivity index (χ0n) is 24.6. The number of aliphatic hydroxyl groups is 2. The van der Waals surface area contributed by atoms with Gasteiger partial charge >= 0.3 is 5.97 Å². The van der Waals surface area contributed by atoms with Gasteiger partial charge in [0.05, 0.1) is 13.2 Å². The molecule has 6 N–H and O–H groups in total. The molecule has 0 saturated carbocycles. The Morgan fingerprint density at radius 1 is 0.837 bits per heavy atom. The Morgan fingerprint density at radius 2 is 1.44 bits per heavy atom. The number of anilines is 1. The Morgan fingerprint density at radius 3 is 2.05 bits per heavy atom. The average Bonchev–Trinajstić information content (AvgIpc) is 3.29. The number of benzene rings is 1. The SMILES string of the molecule is CCC(=O)OCC1C2=CC(NC(=O)CCCC(=O)NCCO)=CCC2c2ccc(NC(=O)CCCC(=O)NCCO)cc21. The molecule has 2 aliphatic carbocycles. The number of amides is 4. The summed E-state index contributed by atoms with van der Waals surface area (Å²) in [4.78, 5) is 60.6. The lowest BCUT2D eigenvalue weighted by atomic mass is 9.87. The van der Waals surface area contributed by atoms with Gasteiger partial charge in [-0.05, 0) is 54.2 Å². The number of aliphatic hydroxyl groups excluding tert-OH is 2. The highest BCUT2D eigenvalue weighted by atomic mass is 16.5. The van der Waals surface area contributed by atoms with Crippen LogP contribution in [0.3, 0.4) is 0 Å². The first kappa shape index (κ1) is 33.5. The van der Waals surface area contributed by atoms with Crippen LogP contribution in [-0.4, -0.2) is 72.7 Å². The Labute approximate surface area is 251 Å². The maximum Gasteiger partial charge on any atom is 0.305 e. The van der Waals surface area contributed by atoms with Crippen LogP contribution in [0.5, 0.6) is 0 Å². The third kappa shape index (κ3) is 10.3. The number of fused-ring (bicyclic) bond motifs is 3. The summed E-state index contributed by atoms with van der Waals surface area (Å²) >= 11 is 0. The van der Waals surface area contributed by atoms with Gasteiger partial charge in [-0.15, -0.1) is 0 Å². The number of hydrogen-bond donors (Lipinski definition) is 6. The molecule has 43 heavy (non-hydrogen) atoms. The monoisotopic (exact) mass is 598 g/mol. The molecule has 0 bridgehead atoms. The van der Waals surface area contributed by atoms with E-state index in [2.05, 4.69) is 21.3 Å². The Hall–Kier alpha value is -4.03. The maximum absolute atomic E-state index is 12.6. The number of allylic oxidation sites excluding steroid dienone is 2. The normalized spacial score (nSPS) is 16.6. The number of carbonyl (C=O) groups excluding carboxylic acids is 5. The van der Waals surface area contributed by atoms with E-state index in [1.54, 1.807) is 6.92 Å². The minimum Gasteiger partial charge on any atom is -0.465 e. The number of rotatable bonds is 17. The standard InChI is InChI=1S/C31H42N4O8/c1-2-31(42)43-19-26-24-17-20(34-29(40)7-3-5-27(38)32-13-15-36)9-11-22(24)23-12-10-21(18-25(23)26)35-30(41)8-4-6-28(39)33-14-16-37/h9-11,17-18,23,26,36-37H,2-8,12-16,19H2,1H3,(H,32,38)(H,33,39)(H,34,40)(H,35,41). The minimum atomic E-state index is -0.319. The summed E-state index contributed by atoms with van der Waals surface area (Å²) in [7, 11) is 0. The molecule has 1 aromatic carbocycles. The summed E-state index contributed by atoms with van der Waals surface area (Å²) in [6.07, 6.45) is 6.22. The lowest BCUT2D eigenvalue weighted by Crippen LogP contribution is -2.27. The molecule has 234 valence electrons. The van der Waals surface area contributed by atoms with Crippen molar-refractivity contribution in [2.24, 2.45) is 0 Å². The fourth-order valence-corrected chi connectivity index (χ4v) is 5.21. The van der Waals surface area contributed by atoms with E-state index >= 15 is 0 Å². The largest absolute Gasteiger partial charge is 0.465 e. The van der Waals surface area contributed by atoms with Gasteiger partial charge < -0.3 is 36.2 Å². The highest BCUT2D eigenvalue weighted by molar-refractivity contribution is 5.91. The molecule has 0 spiro atoms. The predicted octanol–water partition coefficient (Wildman–Crippen LogP) is 1.65. The Bertz CT molecular complexity index is 1240. The van der Waals surface area contributed by atoms with Crippen molar-refractivity contribution in [1.82, 2.24) is 16.0 Å². The van der Waals surface area contributed by atoms with Crippen molar-refractivity contribution >= 4 is 35.3 Å². The summed E-state index contributed by atoms with van der Waals surface area (Å²) in [5.74, 6) is -1.40. The molecule has 2 unspecified atom stereocenters. The van der Waals surface area contributed by atoms with Gasteiger partial charge in [0, 0.05) is 68.4 Å². The van der Waals surface area contributed by atoms with Crippen molar-refractivity contribution in [3.05, 3.63) is 52.7 Å². The summed E-state index contributed by atoms with van der Waals surface area (Å²) < 4.78 is 5.54. The van der Waals surface area contributed by atoms with Gasteiger partial charge in [0.15, 0.2) is 0 Å². The molecule has 4 amide bonds. The quantitative estimate of drug-likeness (QED) is 0.146. The van der Waals surface area contributed by atoms with Gasteiger partial charge in [-0.1, -0.05) is 19.1 Å². The second kappa shape index (κ2) is 17.2. The zero-order chi connectivity index (χ0) is 31.2. The highest BCUT2D eigenvalue weighted by Gasteiger charge is 2.38. The highest BCUT2D eigenvalue weighted by Crippen LogP contribution is 2.50. The van der Waals surface area contributed by atoms with E-state index in [0.717, 1.165) is 16.7 Å². The molecule has 12 heteroatoms. The first-order valence-corrected chi connectivity index (χ1v) is 14.8. The Kier molecular flexibility index (Phi) is 13.4. The second-order valence-corrected chi connectivity index (χ2v) is 10.5. The molecular formula is C31H42N4O8. The van der Waals surface area contributed by atoms with Crippen LogP contribution in [0.15, 0.2) is 41.6 Å². The summed E-state index contributed by atoms with van der Waals surface area (Å²) in [6.45, 7) is 1.95. The summed E-state index contributed by atoms with van der Waals surface area (Å²) in [5, 5.41) is 28.5. The van der Waals surface area contributed by atoms with E-state index in [0.29, 0.717) is 30.6 Å². The van der Waals surface area contributed by atoms with Crippen molar-refractivity contribution in [3.8, 4) is 0 Å². The van der Waals surface area contributed by atoms with Crippen molar-refractivity contribution in [2.75, 3.05) is 38.2 Å². The van der Waals surface area contributed by atoms with Crippen molar-refractivity contribution in [2.45, 2.75) is 70.1 Å². The van der Waals surface area contributed by atoms with Crippen LogP contribution in [0.1, 0.15) is 81.3 Å². The van der Waals surface area contributed by atoms with E-state index in [-0.39, 0.29) is 106 Å². The first-order valence-electron chi connectivity index (χ1n) is 14.8. The van der Waals surface area contributed by atoms with E-state index in [9.17, 15) is 24.0 Å². The van der Waals surface area contributed by atoms with Gasteiger partial charge in [0.1, 0.15) is 6.61 Å². The number of esters is 1. The van der Waals surface area contributed by atoms with Crippen molar-refractivity contribution < 1.29 is 38.9 Å². The molecule has 0 heterocycles. The third-order valence-corrected chi connectivity index (χ3v) is 7.29. The second-order valence-electron chi connectivity index (χ2n) is 10.5. The topological polar surface area (TPSA) is 183 Å². The van der Waals surface area contributed by atoms with E-state index in [4.69, 9.17) is 14.9 Å². The van der Waals surface area contributed by atoms with Crippen LogP contribution in [-0.2, 0) is 28.7 Å². The van der Waals surface area contributed by atoms with Crippen molar-refractivity contribution in [1.29, 1.82) is 0 Å². The molecule has 0 aromatic heterocycles. The van der Waals surface area contributed by atoms with E-state index < -0.39 is 0 Å². The number of ether oxygens (including phenoxy) is 1. The molecule has 2 aliphatic rings. The number of hydrogen-bond acceptors (Lipinski definition) is 8. The van der Waals surface area contributed by atoms with Gasteiger partial charge in [-0.2, -0.15) is 0 Å². The molecule has 0 fully saturated rings. The fourth-order valence-electron chi connectivity index (χ4n) is 5.21. The lowest BCUT2D eigenvalue weighted by molar-refractivity contribution is -0.143. The smallest absolute Gasteiger partial charge is 0.305 e. The van der Waals surface area contributed by atoms with Crippen LogP contribution in [0.25, 0.3) is 0 Å². The van der Waals surface area contributed by atoms with Crippen LogP contribution < -0.4 is 21.3 Å². The van der Waals surface area contributed by atoms with Gasteiger partial charge in [0.2, 0.25) is 23.6 Å².